The summed E-state index contributed by atoms with van der Waals surface area (Å²) in [7, 11) is 2.18. The molecule has 0 bridgehead atoms. The molecule has 0 aromatic carbocycles. The van der Waals surface area contributed by atoms with Gasteiger partial charge in [0.1, 0.15) is 0 Å². The molecule has 1 heterocycles. The van der Waals surface area contributed by atoms with E-state index < -0.39 is 0 Å². The Morgan fingerprint density at radius 1 is 1.44 bits per heavy atom. The number of hydrogen-bond acceptors (Lipinski definition) is 2. The van der Waals surface area contributed by atoms with Crippen LogP contribution in [0.1, 0.15) is 33.6 Å². The third kappa shape index (κ3) is 3.67. The molecule has 0 spiro atoms. The van der Waals surface area contributed by atoms with Crippen molar-refractivity contribution in [2.24, 2.45) is 10.7 Å². The maximum atomic E-state index is 6.09. The number of likely N-dealkylation sites (N-methyl/N-ethyl adjacent to an activating group) is 1. The first-order valence-corrected chi connectivity index (χ1v) is 6.33. The highest BCUT2D eigenvalue weighted by Gasteiger charge is 2.23. The van der Waals surface area contributed by atoms with Gasteiger partial charge in [-0.2, -0.15) is 0 Å². The van der Waals surface area contributed by atoms with Gasteiger partial charge < -0.3 is 15.5 Å². The van der Waals surface area contributed by atoms with Gasteiger partial charge in [0.2, 0.25) is 0 Å². The zero-order valence-corrected chi connectivity index (χ0v) is 11.1. The van der Waals surface area contributed by atoms with E-state index in [1.165, 1.54) is 6.42 Å². The first-order valence-electron chi connectivity index (χ1n) is 6.33. The third-order valence-electron chi connectivity index (χ3n) is 3.06. The minimum Gasteiger partial charge on any atom is -0.370 e. The Hall–Kier alpha value is -0.770. The van der Waals surface area contributed by atoms with Gasteiger partial charge in [-0.25, -0.2) is 0 Å². The molecular weight excluding hydrogens is 200 g/mol. The molecule has 1 aliphatic heterocycles. The second kappa shape index (κ2) is 6.09. The van der Waals surface area contributed by atoms with Crippen molar-refractivity contribution in [3.63, 3.8) is 0 Å². The van der Waals surface area contributed by atoms with E-state index in [4.69, 9.17) is 5.73 Å². The van der Waals surface area contributed by atoms with Crippen LogP contribution in [0.2, 0.25) is 0 Å². The van der Waals surface area contributed by atoms with Crippen molar-refractivity contribution in [3.05, 3.63) is 0 Å². The van der Waals surface area contributed by atoms with Crippen LogP contribution in [-0.4, -0.2) is 54.5 Å². The van der Waals surface area contributed by atoms with Gasteiger partial charge in [0.15, 0.2) is 5.96 Å². The lowest BCUT2D eigenvalue weighted by Crippen LogP contribution is -2.47. The number of guanidine groups is 1. The number of aliphatic imine (C=N–C) groups is 1. The lowest BCUT2D eigenvalue weighted by molar-refractivity contribution is 0.261. The van der Waals surface area contributed by atoms with Gasteiger partial charge >= 0.3 is 0 Å². The van der Waals surface area contributed by atoms with Crippen molar-refractivity contribution >= 4 is 5.96 Å². The molecule has 94 valence electrons. The Balaban J connectivity index is 2.74. The van der Waals surface area contributed by atoms with Crippen LogP contribution in [0.15, 0.2) is 4.99 Å². The lowest BCUT2D eigenvalue weighted by Gasteiger charge is -2.31. The van der Waals surface area contributed by atoms with Gasteiger partial charge in [-0.3, -0.25) is 4.99 Å². The van der Waals surface area contributed by atoms with Gasteiger partial charge in [-0.05, 0) is 40.3 Å². The molecule has 1 saturated heterocycles. The Kier molecular flexibility index (Phi) is 5.06. The molecule has 0 amide bonds. The standard InChI is InChI=1S/C12H26N4/c1-5-11-9-15(4)7-6-8-16(11)12(13)14-10(2)3/h10-11H,5-9H2,1-4H3,(H2,13,14). The summed E-state index contributed by atoms with van der Waals surface area (Å²) in [6.45, 7) is 9.63. The molecule has 0 aromatic heterocycles. The summed E-state index contributed by atoms with van der Waals surface area (Å²) in [6.07, 6.45) is 2.29. The average Bonchev–Trinajstić information content (AvgIpc) is 2.38. The third-order valence-corrected chi connectivity index (χ3v) is 3.06. The summed E-state index contributed by atoms with van der Waals surface area (Å²) in [6, 6.07) is 0.786. The van der Waals surface area contributed by atoms with Crippen LogP contribution >= 0.6 is 0 Å². The molecule has 1 rings (SSSR count). The molecule has 1 aliphatic rings. The maximum absolute atomic E-state index is 6.09. The van der Waals surface area contributed by atoms with Crippen molar-refractivity contribution in [1.82, 2.24) is 9.80 Å². The van der Waals surface area contributed by atoms with Crippen molar-refractivity contribution in [1.29, 1.82) is 0 Å². The summed E-state index contributed by atoms with van der Waals surface area (Å²) in [5, 5.41) is 0. The van der Waals surface area contributed by atoms with E-state index in [1.807, 2.05) is 0 Å². The smallest absolute Gasteiger partial charge is 0.191 e. The molecular formula is C12H26N4. The maximum Gasteiger partial charge on any atom is 0.191 e. The molecule has 2 N–H and O–H groups in total. The van der Waals surface area contributed by atoms with Gasteiger partial charge in [0, 0.05) is 25.2 Å². The topological polar surface area (TPSA) is 44.9 Å². The van der Waals surface area contributed by atoms with Gasteiger partial charge in [-0.15, -0.1) is 0 Å². The van der Waals surface area contributed by atoms with Crippen LogP contribution in [0, 0.1) is 0 Å². The van der Waals surface area contributed by atoms with E-state index in [1.54, 1.807) is 0 Å². The number of nitrogens with two attached hydrogens (primary N) is 1. The molecule has 0 saturated carbocycles. The summed E-state index contributed by atoms with van der Waals surface area (Å²) in [4.78, 5) is 9.13. The van der Waals surface area contributed by atoms with Gasteiger partial charge in [0.05, 0.1) is 0 Å². The Morgan fingerprint density at radius 2 is 2.12 bits per heavy atom. The second-order valence-corrected chi connectivity index (χ2v) is 4.95. The van der Waals surface area contributed by atoms with Gasteiger partial charge in [0.25, 0.3) is 0 Å². The molecule has 16 heavy (non-hydrogen) atoms. The zero-order chi connectivity index (χ0) is 12.1. The predicted octanol–water partition coefficient (Wildman–Crippen LogP) is 1.13. The first-order chi connectivity index (χ1) is 7.54. The molecule has 4 heteroatoms. The number of rotatable bonds is 2. The summed E-state index contributed by atoms with van der Waals surface area (Å²) in [5.74, 6) is 0.720. The van der Waals surface area contributed by atoms with E-state index in [0.29, 0.717) is 6.04 Å². The molecule has 1 unspecified atom stereocenters. The molecule has 0 aliphatic carbocycles. The quantitative estimate of drug-likeness (QED) is 0.567. The van der Waals surface area contributed by atoms with Crippen LogP contribution < -0.4 is 5.73 Å². The van der Waals surface area contributed by atoms with Crippen LogP contribution in [0.5, 0.6) is 0 Å². The Bertz CT molecular complexity index is 237. The first kappa shape index (κ1) is 13.3. The Morgan fingerprint density at radius 3 is 2.69 bits per heavy atom. The number of hydrogen-bond donors (Lipinski definition) is 1. The highest BCUT2D eigenvalue weighted by Crippen LogP contribution is 2.11. The largest absolute Gasteiger partial charge is 0.370 e. The van der Waals surface area contributed by atoms with Crippen LogP contribution in [0.3, 0.4) is 0 Å². The zero-order valence-electron chi connectivity index (χ0n) is 11.1. The van der Waals surface area contributed by atoms with Crippen LogP contribution in [0.25, 0.3) is 0 Å². The summed E-state index contributed by atoms with van der Waals surface area (Å²) < 4.78 is 0. The monoisotopic (exact) mass is 226 g/mol. The van der Waals surface area contributed by atoms with E-state index in [0.717, 1.165) is 32.0 Å². The van der Waals surface area contributed by atoms with Gasteiger partial charge in [-0.1, -0.05) is 6.92 Å². The molecule has 0 aromatic rings. The summed E-state index contributed by atoms with van der Waals surface area (Å²) >= 11 is 0. The normalized spacial score (nSPS) is 24.9. The van der Waals surface area contributed by atoms with E-state index in [2.05, 4.69) is 42.6 Å². The fraction of sp³-hybridized carbons (Fsp3) is 0.917. The minimum absolute atomic E-state index is 0.276. The molecule has 1 fully saturated rings. The Labute approximate surface area is 99.5 Å². The molecule has 1 atom stereocenters. The van der Waals surface area contributed by atoms with Crippen LogP contribution in [0.4, 0.5) is 0 Å². The van der Waals surface area contributed by atoms with Crippen molar-refractivity contribution in [2.45, 2.75) is 45.7 Å². The highest BCUT2D eigenvalue weighted by molar-refractivity contribution is 5.78. The molecule has 0 radical (unpaired) electrons. The van der Waals surface area contributed by atoms with Crippen molar-refractivity contribution in [2.75, 3.05) is 26.7 Å². The van der Waals surface area contributed by atoms with E-state index in [-0.39, 0.29) is 6.04 Å². The fourth-order valence-corrected chi connectivity index (χ4v) is 2.23. The molecule has 4 nitrogen and oxygen atoms in total. The SMILES string of the molecule is CCC1CN(C)CCCN1C(N)=NC(C)C. The minimum atomic E-state index is 0.276. The van der Waals surface area contributed by atoms with Crippen LogP contribution in [-0.2, 0) is 0 Å². The summed E-state index contributed by atoms with van der Waals surface area (Å²) in [5.41, 5.74) is 6.09. The second-order valence-electron chi connectivity index (χ2n) is 4.95. The van der Waals surface area contributed by atoms with E-state index >= 15 is 0 Å². The lowest BCUT2D eigenvalue weighted by atomic mass is 10.2. The van der Waals surface area contributed by atoms with E-state index in [9.17, 15) is 0 Å². The predicted molar refractivity (Wildman–Crippen MR) is 69.7 cm³/mol. The van der Waals surface area contributed by atoms with Crippen molar-refractivity contribution in [3.8, 4) is 0 Å². The van der Waals surface area contributed by atoms with Crippen molar-refractivity contribution < 1.29 is 0 Å². The number of nitrogens with zero attached hydrogens (tertiary/aromatic N) is 3. The average molecular weight is 226 g/mol. The fourth-order valence-electron chi connectivity index (χ4n) is 2.23. The highest BCUT2D eigenvalue weighted by atomic mass is 15.3.